The molecule has 1 heterocycles. The molecule has 7 nitrogen and oxygen atoms in total. The molecule has 0 radical (unpaired) electrons. The number of hydrazine groups is 2. The number of rotatable bonds is 1. The fourth-order valence-electron chi connectivity index (χ4n) is 1.39. The van der Waals surface area contributed by atoms with Crippen LogP contribution in [0.4, 0.5) is 18.0 Å². The fourth-order valence-corrected chi connectivity index (χ4v) is 1.39. The van der Waals surface area contributed by atoms with Crippen LogP contribution in [0.25, 0.3) is 0 Å². The van der Waals surface area contributed by atoms with E-state index in [0.717, 1.165) is 0 Å². The van der Waals surface area contributed by atoms with Crippen molar-refractivity contribution in [3.63, 3.8) is 0 Å². The van der Waals surface area contributed by atoms with E-state index in [1.807, 2.05) is 5.43 Å². The van der Waals surface area contributed by atoms with Crippen LogP contribution in [0.3, 0.4) is 0 Å². The lowest BCUT2D eigenvalue weighted by atomic mass is 10.2. The van der Waals surface area contributed by atoms with Crippen molar-refractivity contribution in [2.75, 3.05) is 6.54 Å². The van der Waals surface area contributed by atoms with Crippen LogP contribution in [-0.4, -0.2) is 46.4 Å². The van der Waals surface area contributed by atoms with Crippen LogP contribution in [-0.2, 0) is 14.3 Å². The number of nitrogens with one attached hydrogen (secondary N) is 1. The molecule has 1 rings (SSSR count). The third-order valence-corrected chi connectivity index (χ3v) is 2.09. The molecular formula is C10H14F3N3O4. The molecule has 0 aromatic carbocycles. The summed E-state index contributed by atoms with van der Waals surface area (Å²) >= 11 is 0. The van der Waals surface area contributed by atoms with Crippen molar-refractivity contribution < 1.29 is 32.3 Å². The van der Waals surface area contributed by atoms with E-state index in [1.165, 1.54) is 20.8 Å². The zero-order valence-electron chi connectivity index (χ0n) is 11.1. The van der Waals surface area contributed by atoms with E-state index in [1.54, 1.807) is 0 Å². The van der Waals surface area contributed by atoms with E-state index < -0.39 is 36.2 Å². The van der Waals surface area contributed by atoms with Gasteiger partial charge in [-0.3, -0.25) is 9.59 Å². The normalized spacial score (nSPS) is 16.4. The maximum atomic E-state index is 12.3. The summed E-state index contributed by atoms with van der Waals surface area (Å²) in [5.41, 5.74) is 0.919. The Morgan fingerprint density at radius 3 is 2.25 bits per heavy atom. The quantitative estimate of drug-likeness (QED) is 0.782. The Balaban J connectivity index is 2.78. The summed E-state index contributed by atoms with van der Waals surface area (Å²) in [5.74, 6) is -3.08. The number of hydrogen-bond donors (Lipinski definition) is 1. The fraction of sp³-hybridized carbons (Fsp3) is 0.700. The Morgan fingerprint density at radius 1 is 1.25 bits per heavy atom. The van der Waals surface area contributed by atoms with Crippen LogP contribution in [0.15, 0.2) is 0 Å². The Labute approximate surface area is 112 Å². The SMILES string of the molecule is CC(C)(C)OC(=O)NN1C(=O)CCN1C(=O)C(F)(F)F. The molecule has 0 bridgehead atoms. The highest BCUT2D eigenvalue weighted by atomic mass is 19.4. The standard InChI is InChI=1S/C10H14F3N3O4/c1-9(2,3)20-8(19)14-16-6(17)4-5-15(16)7(18)10(11,12)13/h4-5H2,1-3H3,(H,14,19). The van der Waals surface area contributed by atoms with Crippen LogP contribution >= 0.6 is 0 Å². The Morgan fingerprint density at radius 2 is 1.80 bits per heavy atom. The van der Waals surface area contributed by atoms with Crippen molar-refractivity contribution in [3.05, 3.63) is 0 Å². The van der Waals surface area contributed by atoms with Gasteiger partial charge in [0.1, 0.15) is 5.60 Å². The molecule has 0 atom stereocenters. The van der Waals surface area contributed by atoms with Gasteiger partial charge in [0.05, 0.1) is 13.0 Å². The van der Waals surface area contributed by atoms with Gasteiger partial charge in [0.2, 0.25) is 0 Å². The largest absolute Gasteiger partial charge is 0.473 e. The minimum atomic E-state index is -5.14. The van der Waals surface area contributed by atoms with E-state index >= 15 is 0 Å². The molecule has 0 spiro atoms. The summed E-state index contributed by atoms with van der Waals surface area (Å²) in [7, 11) is 0. The first-order chi connectivity index (χ1) is 8.92. The molecule has 0 aliphatic carbocycles. The van der Waals surface area contributed by atoms with Crippen LogP contribution < -0.4 is 5.43 Å². The second-order valence-corrected chi connectivity index (χ2v) is 5.00. The van der Waals surface area contributed by atoms with E-state index in [2.05, 4.69) is 0 Å². The van der Waals surface area contributed by atoms with Gasteiger partial charge in [0, 0.05) is 0 Å². The zero-order chi connectivity index (χ0) is 15.7. The summed E-state index contributed by atoms with van der Waals surface area (Å²) in [6.45, 7) is 4.15. The predicted molar refractivity (Wildman–Crippen MR) is 58.6 cm³/mol. The summed E-state index contributed by atoms with van der Waals surface area (Å²) in [6, 6.07) is 0. The highest BCUT2D eigenvalue weighted by Gasteiger charge is 2.48. The number of halogens is 3. The molecule has 114 valence electrons. The van der Waals surface area contributed by atoms with Crippen LogP contribution in [0.2, 0.25) is 0 Å². The Kier molecular flexibility index (Phi) is 4.15. The smallest absolute Gasteiger partial charge is 0.443 e. The molecule has 3 amide bonds. The lowest BCUT2D eigenvalue weighted by Crippen LogP contribution is -2.56. The number of carbonyl (C=O) groups is 3. The Bertz CT molecular complexity index is 430. The Hall–Kier alpha value is -2.00. The van der Waals surface area contributed by atoms with Crippen LogP contribution in [0, 0.1) is 0 Å². The molecule has 0 saturated carbocycles. The molecule has 1 fully saturated rings. The number of alkyl halides is 3. The van der Waals surface area contributed by atoms with Crippen molar-refractivity contribution in [2.45, 2.75) is 39.0 Å². The lowest BCUT2D eigenvalue weighted by molar-refractivity contribution is -0.201. The average molecular weight is 297 g/mol. The minimum Gasteiger partial charge on any atom is -0.443 e. The van der Waals surface area contributed by atoms with Gasteiger partial charge in [0.25, 0.3) is 5.91 Å². The summed E-state index contributed by atoms with van der Waals surface area (Å²) < 4.78 is 41.8. The molecule has 0 unspecified atom stereocenters. The molecule has 1 saturated heterocycles. The molecule has 10 heteroatoms. The van der Waals surface area contributed by atoms with Gasteiger partial charge in [-0.1, -0.05) is 0 Å². The maximum absolute atomic E-state index is 12.3. The number of nitrogens with zero attached hydrogens (tertiary/aromatic N) is 2. The van der Waals surface area contributed by atoms with E-state index in [9.17, 15) is 27.6 Å². The molecule has 1 aliphatic heterocycles. The molecule has 1 N–H and O–H groups in total. The highest BCUT2D eigenvalue weighted by Crippen LogP contribution is 2.22. The van der Waals surface area contributed by atoms with Crippen molar-refractivity contribution in [2.24, 2.45) is 0 Å². The van der Waals surface area contributed by atoms with Gasteiger partial charge in [0.15, 0.2) is 0 Å². The molecule has 0 aromatic heterocycles. The van der Waals surface area contributed by atoms with Crippen molar-refractivity contribution >= 4 is 17.9 Å². The lowest BCUT2D eigenvalue weighted by Gasteiger charge is -2.29. The minimum absolute atomic E-state index is 0.117. The van der Waals surface area contributed by atoms with Gasteiger partial charge in [-0.25, -0.2) is 15.2 Å². The topological polar surface area (TPSA) is 79.0 Å². The van der Waals surface area contributed by atoms with E-state index in [0.29, 0.717) is 0 Å². The molecule has 20 heavy (non-hydrogen) atoms. The first-order valence-corrected chi connectivity index (χ1v) is 5.63. The summed E-state index contributed by atoms with van der Waals surface area (Å²) in [4.78, 5) is 33.9. The van der Waals surface area contributed by atoms with Crippen molar-refractivity contribution in [1.82, 2.24) is 15.6 Å². The number of hydrogen-bond acceptors (Lipinski definition) is 4. The van der Waals surface area contributed by atoms with E-state index in [-0.39, 0.29) is 16.5 Å². The maximum Gasteiger partial charge on any atom is 0.473 e. The van der Waals surface area contributed by atoms with Crippen molar-refractivity contribution in [3.8, 4) is 0 Å². The van der Waals surface area contributed by atoms with Gasteiger partial charge >= 0.3 is 18.2 Å². The predicted octanol–water partition coefficient (Wildman–Crippen LogP) is 0.964. The number of amides is 3. The number of carbonyl (C=O) groups excluding carboxylic acids is 3. The third kappa shape index (κ3) is 4.00. The summed E-state index contributed by atoms with van der Waals surface area (Å²) in [6.07, 6.45) is -6.59. The monoisotopic (exact) mass is 297 g/mol. The molecular weight excluding hydrogens is 283 g/mol. The van der Waals surface area contributed by atoms with Gasteiger partial charge in [-0.2, -0.15) is 18.3 Å². The summed E-state index contributed by atoms with van der Waals surface area (Å²) in [5, 5.41) is 0.343. The average Bonchev–Trinajstić information content (AvgIpc) is 2.55. The third-order valence-electron chi connectivity index (χ3n) is 2.09. The number of ether oxygens (including phenoxy) is 1. The first-order valence-electron chi connectivity index (χ1n) is 5.63. The second kappa shape index (κ2) is 5.17. The van der Waals surface area contributed by atoms with Gasteiger partial charge in [-0.15, -0.1) is 0 Å². The molecule has 1 aliphatic rings. The van der Waals surface area contributed by atoms with E-state index in [4.69, 9.17) is 4.74 Å². The molecule has 0 aromatic rings. The second-order valence-electron chi connectivity index (χ2n) is 5.00. The highest BCUT2D eigenvalue weighted by molar-refractivity contribution is 5.89. The van der Waals surface area contributed by atoms with Crippen LogP contribution in [0.5, 0.6) is 0 Å². The van der Waals surface area contributed by atoms with Crippen LogP contribution in [0.1, 0.15) is 27.2 Å². The first kappa shape index (κ1) is 16.1. The van der Waals surface area contributed by atoms with Crippen molar-refractivity contribution in [1.29, 1.82) is 0 Å². The zero-order valence-corrected chi connectivity index (χ0v) is 11.1. The van der Waals surface area contributed by atoms with Gasteiger partial charge < -0.3 is 4.74 Å². The van der Waals surface area contributed by atoms with Gasteiger partial charge in [-0.05, 0) is 20.8 Å².